The van der Waals surface area contributed by atoms with E-state index < -0.39 is 0 Å². The number of benzene rings is 1. The first-order valence-corrected chi connectivity index (χ1v) is 7.04. The van der Waals surface area contributed by atoms with Crippen molar-refractivity contribution in [3.05, 3.63) is 28.2 Å². The Morgan fingerprint density at radius 2 is 1.94 bits per heavy atom. The number of hydrogen-bond donors (Lipinski definition) is 1. The lowest BCUT2D eigenvalue weighted by Crippen LogP contribution is -2.29. The van der Waals surface area contributed by atoms with E-state index in [9.17, 15) is 0 Å². The molecule has 1 N–H and O–H groups in total. The monoisotopic (exact) mass is 297 g/mol. The fourth-order valence-electron chi connectivity index (χ4n) is 2.41. The maximum atomic E-state index is 5.40. The van der Waals surface area contributed by atoms with Crippen LogP contribution in [-0.4, -0.2) is 19.3 Å². The highest BCUT2D eigenvalue weighted by Crippen LogP contribution is 2.28. The van der Waals surface area contributed by atoms with Gasteiger partial charge in [-0.2, -0.15) is 0 Å². The number of halogens is 1. The summed E-state index contributed by atoms with van der Waals surface area (Å²) in [5.74, 6) is 0. The number of methoxy groups -OCH3 is 1. The van der Waals surface area contributed by atoms with Crippen LogP contribution in [0.15, 0.2) is 22.7 Å². The summed E-state index contributed by atoms with van der Waals surface area (Å²) >= 11 is 3.60. The zero-order valence-corrected chi connectivity index (χ0v) is 12.1. The average Bonchev–Trinajstić information content (AvgIpc) is 2.35. The van der Waals surface area contributed by atoms with Crippen molar-refractivity contribution in [3.63, 3.8) is 0 Å². The van der Waals surface area contributed by atoms with Crippen LogP contribution in [0, 0.1) is 6.92 Å². The molecule has 1 aromatic rings. The Hall–Kier alpha value is -0.540. The summed E-state index contributed by atoms with van der Waals surface area (Å²) in [6.07, 6.45) is 5.18. The average molecular weight is 298 g/mol. The molecule has 0 bridgehead atoms. The number of hydrogen-bond acceptors (Lipinski definition) is 2. The molecular formula is C14H20BrNO. The van der Waals surface area contributed by atoms with Crippen molar-refractivity contribution in [1.82, 2.24) is 0 Å². The Kier molecular flexibility index (Phi) is 4.46. The van der Waals surface area contributed by atoms with Crippen molar-refractivity contribution in [2.75, 3.05) is 12.4 Å². The molecule has 3 heteroatoms. The van der Waals surface area contributed by atoms with E-state index in [1.54, 1.807) is 0 Å². The van der Waals surface area contributed by atoms with Crippen LogP contribution in [0.4, 0.5) is 5.69 Å². The molecule has 0 aromatic heterocycles. The summed E-state index contributed by atoms with van der Waals surface area (Å²) in [6.45, 7) is 2.12. The van der Waals surface area contributed by atoms with Crippen LogP contribution in [0.25, 0.3) is 0 Å². The molecule has 2 rings (SSSR count). The van der Waals surface area contributed by atoms with Gasteiger partial charge in [0.05, 0.1) is 6.10 Å². The van der Waals surface area contributed by atoms with Gasteiger partial charge in [0.25, 0.3) is 0 Å². The van der Waals surface area contributed by atoms with Gasteiger partial charge in [0, 0.05) is 23.3 Å². The van der Waals surface area contributed by atoms with E-state index in [-0.39, 0.29) is 0 Å². The van der Waals surface area contributed by atoms with Crippen molar-refractivity contribution >= 4 is 21.6 Å². The van der Waals surface area contributed by atoms with E-state index in [0.717, 1.165) is 17.3 Å². The predicted molar refractivity (Wildman–Crippen MR) is 75.6 cm³/mol. The normalized spacial score (nSPS) is 24.6. The highest BCUT2D eigenvalue weighted by atomic mass is 79.9. The highest BCUT2D eigenvalue weighted by molar-refractivity contribution is 9.10. The van der Waals surface area contributed by atoms with Gasteiger partial charge in [-0.3, -0.25) is 0 Å². The summed E-state index contributed by atoms with van der Waals surface area (Å²) in [7, 11) is 1.82. The van der Waals surface area contributed by atoms with Gasteiger partial charge in [0.15, 0.2) is 0 Å². The molecule has 17 heavy (non-hydrogen) atoms. The van der Waals surface area contributed by atoms with Crippen molar-refractivity contribution in [2.24, 2.45) is 0 Å². The van der Waals surface area contributed by atoms with E-state index in [4.69, 9.17) is 4.74 Å². The van der Waals surface area contributed by atoms with Crippen LogP contribution < -0.4 is 5.32 Å². The summed E-state index contributed by atoms with van der Waals surface area (Å²) in [5.41, 5.74) is 2.51. The molecule has 2 nitrogen and oxygen atoms in total. The Bertz CT molecular complexity index is 372. The fraction of sp³-hybridized carbons (Fsp3) is 0.571. The number of anilines is 1. The SMILES string of the molecule is COC1CCC(Nc2cc(C)ccc2Br)CC1. The third-order valence-corrected chi connectivity index (χ3v) is 4.18. The van der Waals surface area contributed by atoms with Crippen LogP contribution >= 0.6 is 15.9 Å². The van der Waals surface area contributed by atoms with Gasteiger partial charge in [-0.25, -0.2) is 0 Å². The number of aryl methyl sites for hydroxylation is 1. The molecule has 0 radical (unpaired) electrons. The summed E-state index contributed by atoms with van der Waals surface area (Å²) in [4.78, 5) is 0. The van der Waals surface area contributed by atoms with E-state index in [1.165, 1.54) is 24.1 Å². The first-order valence-electron chi connectivity index (χ1n) is 6.24. The maximum Gasteiger partial charge on any atom is 0.0572 e. The minimum atomic E-state index is 0.467. The molecule has 1 aromatic carbocycles. The highest BCUT2D eigenvalue weighted by Gasteiger charge is 2.20. The lowest BCUT2D eigenvalue weighted by molar-refractivity contribution is 0.0682. The topological polar surface area (TPSA) is 21.3 Å². The molecule has 1 aliphatic carbocycles. The molecule has 0 aliphatic heterocycles. The van der Waals surface area contributed by atoms with Gasteiger partial charge in [-0.05, 0) is 66.2 Å². The molecule has 0 unspecified atom stereocenters. The molecule has 0 heterocycles. The van der Waals surface area contributed by atoms with Crippen LogP contribution in [-0.2, 0) is 4.74 Å². The largest absolute Gasteiger partial charge is 0.381 e. The number of nitrogens with one attached hydrogen (secondary N) is 1. The Balaban J connectivity index is 1.95. The zero-order chi connectivity index (χ0) is 12.3. The van der Waals surface area contributed by atoms with Gasteiger partial charge in [-0.15, -0.1) is 0 Å². The van der Waals surface area contributed by atoms with Crippen LogP contribution in [0.5, 0.6) is 0 Å². The number of rotatable bonds is 3. The summed E-state index contributed by atoms with van der Waals surface area (Å²) < 4.78 is 6.55. The van der Waals surface area contributed by atoms with Gasteiger partial charge < -0.3 is 10.1 Å². The molecular weight excluding hydrogens is 278 g/mol. The molecule has 1 saturated carbocycles. The predicted octanol–water partition coefficient (Wildman–Crippen LogP) is 4.13. The molecule has 1 fully saturated rings. The lowest BCUT2D eigenvalue weighted by atomic mass is 9.93. The molecule has 0 atom stereocenters. The minimum absolute atomic E-state index is 0.467. The second-order valence-corrected chi connectivity index (χ2v) is 5.69. The Morgan fingerprint density at radius 1 is 1.24 bits per heavy atom. The quantitative estimate of drug-likeness (QED) is 0.906. The zero-order valence-electron chi connectivity index (χ0n) is 10.5. The third kappa shape index (κ3) is 3.46. The van der Waals surface area contributed by atoms with Crippen LogP contribution in [0.3, 0.4) is 0 Å². The maximum absolute atomic E-state index is 5.40. The fourth-order valence-corrected chi connectivity index (χ4v) is 2.77. The lowest BCUT2D eigenvalue weighted by Gasteiger charge is -2.29. The smallest absolute Gasteiger partial charge is 0.0572 e. The Labute approximate surface area is 112 Å². The van der Waals surface area contributed by atoms with E-state index >= 15 is 0 Å². The first kappa shape index (κ1) is 12.9. The second kappa shape index (κ2) is 5.87. The van der Waals surface area contributed by atoms with Gasteiger partial charge in [-0.1, -0.05) is 6.07 Å². The standard InChI is InChI=1S/C14H20BrNO/c1-10-3-8-13(15)14(9-10)16-11-4-6-12(17-2)7-5-11/h3,8-9,11-12,16H,4-7H2,1-2H3. The summed E-state index contributed by atoms with van der Waals surface area (Å²) in [6, 6.07) is 7.02. The summed E-state index contributed by atoms with van der Waals surface area (Å²) in [5, 5.41) is 3.63. The van der Waals surface area contributed by atoms with Crippen molar-refractivity contribution in [2.45, 2.75) is 44.8 Å². The molecule has 0 spiro atoms. The number of ether oxygens (including phenoxy) is 1. The van der Waals surface area contributed by atoms with E-state index in [2.05, 4.69) is 46.4 Å². The molecule has 0 amide bonds. The van der Waals surface area contributed by atoms with Gasteiger partial charge in [0.1, 0.15) is 0 Å². The molecule has 1 aliphatic rings. The van der Waals surface area contributed by atoms with Crippen LogP contribution in [0.1, 0.15) is 31.2 Å². The van der Waals surface area contributed by atoms with Gasteiger partial charge in [0.2, 0.25) is 0 Å². The van der Waals surface area contributed by atoms with Crippen molar-refractivity contribution < 1.29 is 4.74 Å². The van der Waals surface area contributed by atoms with Gasteiger partial charge >= 0.3 is 0 Å². The van der Waals surface area contributed by atoms with Crippen molar-refractivity contribution in [3.8, 4) is 0 Å². The Morgan fingerprint density at radius 3 is 2.59 bits per heavy atom. The third-order valence-electron chi connectivity index (χ3n) is 3.49. The molecule has 94 valence electrons. The second-order valence-electron chi connectivity index (χ2n) is 4.84. The first-order chi connectivity index (χ1) is 8.19. The van der Waals surface area contributed by atoms with E-state index in [0.29, 0.717) is 12.1 Å². The van der Waals surface area contributed by atoms with Crippen molar-refractivity contribution in [1.29, 1.82) is 0 Å². The molecule has 0 saturated heterocycles. The minimum Gasteiger partial charge on any atom is -0.381 e. The van der Waals surface area contributed by atoms with Crippen LogP contribution in [0.2, 0.25) is 0 Å². The van der Waals surface area contributed by atoms with E-state index in [1.807, 2.05) is 7.11 Å².